The van der Waals surface area contributed by atoms with Gasteiger partial charge in [-0.2, -0.15) is 0 Å². The number of β-amino-alcohol motifs (C(OH)–C–C–N with tert-alkyl or cyclic N) is 1. The van der Waals surface area contributed by atoms with Crippen molar-refractivity contribution in [2.75, 3.05) is 32.0 Å². The second kappa shape index (κ2) is 6.32. The number of carbonyl (C=O) groups excluding carboxylic acids is 1. The summed E-state index contributed by atoms with van der Waals surface area (Å²) >= 11 is 0. The van der Waals surface area contributed by atoms with E-state index in [1.54, 1.807) is 24.3 Å². The molecule has 2 atom stereocenters. The van der Waals surface area contributed by atoms with Crippen LogP contribution in [0.1, 0.15) is 13.3 Å². The van der Waals surface area contributed by atoms with Gasteiger partial charge in [0, 0.05) is 24.8 Å². The molecule has 0 aliphatic carbocycles. The van der Waals surface area contributed by atoms with Gasteiger partial charge in [-0.3, -0.25) is 9.69 Å². The SMILES string of the molecule is CC1(C(N)=O)CCN(CC(O)COc2cccc(N)c2)C1. The predicted molar refractivity (Wildman–Crippen MR) is 80.7 cm³/mol. The number of aliphatic hydroxyl groups excluding tert-OH is 1. The number of primary amides is 1. The Balaban J connectivity index is 1.78. The fraction of sp³-hybridized carbons (Fsp3) is 0.533. The molecule has 2 rings (SSSR count). The van der Waals surface area contributed by atoms with Gasteiger partial charge in [-0.25, -0.2) is 0 Å². The Hall–Kier alpha value is -1.79. The number of benzene rings is 1. The van der Waals surface area contributed by atoms with E-state index in [1.165, 1.54) is 0 Å². The van der Waals surface area contributed by atoms with Gasteiger partial charge in [0.1, 0.15) is 18.5 Å². The van der Waals surface area contributed by atoms with Gasteiger partial charge in [0.2, 0.25) is 5.91 Å². The molecule has 1 amide bonds. The molecule has 0 bridgehead atoms. The summed E-state index contributed by atoms with van der Waals surface area (Å²) in [6, 6.07) is 7.09. The summed E-state index contributed by atoms with van der Waals surface area (Å²) in [5.41, 5.74) is 11.2. The Bertz CT molecular complexity index is 509. The Labute approximate surface area is 124 Å². The first-order chi connectivity index (χ1) is 9.89. The number of carbonyl (C=O) groups is 1. The lowest BCUT2D eigenvalue weighted by molar-refractivity contribution is -0.126. The first-order valence-corrected chi connectivity index (χ1v) is 7.08. The predicted octanol–water partition coefficient (Wildman–Crippen LogP) is 0.206. The molecule has 0 radical (unpaired) electrons. The number of amides is 1. The van der Waals surface area contributed by atoms with Gasteiger partial charge in [-0.1, -0.05) is 6.07 Å². The summed E-state index contributed by atoms with van der Waals surface area (Å²) in [5, 5.41) is 10.0. The number of likely N-dealkylation sites (tertiary alicyclic amines) is 1. The van der Waals surface area contributed by atoms with E-state index in [4.69, 9.17) is 16.2 Å². The van der Waals surface area contributed by atoms with Gasteiger partial charge < -0.3 is 21.3 Å². The number of hydrogen-bond donors (Lipinski definition) is 3. The molecule has 6 nitrogen and oxygen atoms in total. The number of ether oxygens (including phenoxy) is 1. The third kappa shape index (κ3) is 4.09. The molecular formula is C15H23N3O3. The van der Waals surface area contributed by atoms with Gasteiger partial charge in [0.05, 0.1) is 5.41 Å². The summed E-state index contributed by atoms with van der Waals surface area (Å²) < 4.78 is 5.51. The number of rotatable bonds is 6. The maximum atomic E-state index is 11.4. The molecule has 1 saturated heterocycles. The zero-order chi connectivity index (χ0) is 15.5. The van der Waals surface area contributed by atoms with Crippen molar-refractivity contribution in [1.29, 1.82) is 0 Å². The molecule has 1 fully saturated rings. The zero-order valence-corrected chi connectivity index (χ0v) is 12.3. The smallest absolute Gasteiger partial charge is 0.224 e. The minimum atomic E-state index is -0.623. The first kappa shape index (κ1) is 15.6. The third-order valence-corrected chi connectivity index (χ3v) is 3.92. The van der Waals surface area contributed by atoms with E-state index in [0.717, 1.165) is 13.0 Å². The van der Waals surface area contributed by atoms with Crippen LogP contribution in [0.4, 0.5) is 5.69 Å². The number of nitrogens with zero attached hydrogens (tertiary/aromatic N) is 1. The summed E-state index contributed by atoms with van der Waals surface area (Å²) in [7, 11) is 0. The van der Waals surface area contributed by atoms with Crippen molar-refractivity contribution in [3.05, 3.63) is 24.3 Å². The van der Waals surface area contributed by atoms with Crippen LogP contribution in [0, 0.1) is 5.41 Å². The van der Waals surface area contributed by atoms with Crippen LogP contribution in [0.5, 0.6) is 5.75 Å². The minimum Gasteiger partial charge on any atom is -0.491 e. The molecule has 1 aliphatic rings. The van der Waals surface area contributed by atoms with Crippen LogP contribution in [-0.4, -0.2) is 48.3 Å². The molecule has 21 heavy (non-hydrogen) atoms. The highest BCUT2D eigenvalue weighted by atomic mass is 16.5. The van der Waals surface area contributed by atoms with Crippen LogP contribution in [-0.2, 0) is 4.79 Å². The first-order valence-electron chi connectivity index (χ1n) is 7.08. The van der Waals surface area contributed by atoms with E-state index in [-0.39, 0.29) is 12.5 Å². The van der Waals surface area contributed by atoms with Crippen molar-refractivity contribution in [3.8, 4) is 5.75 Å². The second-order valence-corrected chi connectivity index (χ2v) is 5.95. The van der Waals surface area contributed by atoms with Crippen LogP contribution in [0.25, 0.3) is 0 Å². The fourth-order valence-electron chi connectivity index (χ4n) is 2.56. The lowest BCUT2D eigenvalue weighted by Crippen LogP contribution is -2.39. The van der Waals surface area contributed by atoms with Crippen molar-refractivity contribution in [2.45, 2.75) is 19.4 Å². The second-order valence-electron chi connectivity index (χ2n) is 5.95. The summed E-state index contributed by atoms with van der Waals surface area (Å²) in [5.74, 6) is 0.355. The number of nitrogens with two attached hydrogens (primary N) is 2. The Morgan fingerprint density at radius 2 is 2.33 bits per heavy atom. The van der Waals surface area contributed by atoms with E-state index in [9.17, 15) is 9.90 Å². The van der Waals surface area contributed by atoms with Crippen molar-refractivity contribution in [3.63, 3.8) is 0 Å². The van der Waals surface area contributed by atoms with E-state index in [2.05, 4.69) is 0 Å². The van der Waals surface area contributed by atoms with Gasteiger partial charge in [0.15, 0.2) is 0 Å². The number of hydrogen-bond acceptors (Lipinski definition) is 5. The average molecular weight is 293 g/mol. The highest BCUT2D eigenvalue weighted by Gasteiger charge is 2.39. The Morgan fingerprint density at radius 3 is 2.95 bits per heavy atom. The van der Waals surface area contributed by atoms with Crippen LogP contribution in [0.3, 0.4) is 0 Å². The van der Waals surface area contributed by atoms with E-state index in [1.807, 2.05) is 11.8 Å². The molecular weight excluding hydrogens is 270 g/mol. The molecule has 1 heterocycles. The van der Waals surface area contributed by atoms with Crippen molar-refractivity contribution in [2.24, 2.45) is 11.1 Å². The number of nitrogen functional groups attached to an aromatic ring is 1. The zero-order valence-electron chi connectivity index (χ0n) is 12.3. The quantitative estimate of drug-likeness (QED) is 0.651. The molecule has 2 unspecified atom stereocenters. The summed E-state index contributed by atoms with van der Waals surface area (Å²) in [6.45, 7) is 3.86. The monoisotopic (exact) mass is 293 g/mol. The van der Waals surface area contributed by atoms with Gasteiger partial charge in [-0.15, -0.1) is 0 Å². The Morgan fingerprint density at radius 1 is 1.57 bits per heavy atom. The summed E-state index contributed by atoms with van der Waals surface area (Å²) in [6.07, 6.45) is 0.104. The molecule has 116 valence electrons. The average Bonchev–Trinajstić information content (AvgIpc) is 2.79. The van der Waals surface area contributed by atoms with Crippen molar-refractivity contribution >= 4 is 11.6 Å². The summed E-state index contributed by atoms with van der Waals surface area (Å²) in [4.78, 5) is 13.4. The number of anilines is 1. The maximum Gasteiger partial charge on any atom is 0.224 e. The molecule has 1 aromatic rings. The maximum absolute atomic E-state index is 11.4. The largest absolute Gasteiger partial charge is 0.491 e. The lowest BCUT2D eigenvalue weighted by Gasteiger charge is -2.23. The molecule has 5 N–H and O–H groups in total. The van der Waals surface area contributed by atoms with E-state index < -0.39 is 11.5 Å². The van der Waals surface area contributed by atoms with Crippen molar-refractivity contribution in [1.82, 2.24) is 4.90 Å². The molecule has 0 aromatic heterocycles. The fourth-order valence-corrected chi connectivity index (χ4v) is 2.56. The molecule has 6 heteroatoms. The van der Waals surface area contributed by atoms with Gasteiger partial charge in [-0.05, 0) is 32.0 Å². The van der Waals surface area contributed by atoms with Gasteiger partial charge >= 0.3 is 0 Å². The topological polar surface area (TPSA) is 102 Å². The molecule has 1 aliphatic heterocycles. The van der Waals surface area contributed by atoms with Crippen LogP contribution < -0.4 is 16.2 Å². The van der Waals surface area contributed by atoms with Crippen molar-refractivity contribution < 1.29 is 14.6 Å². The third-order valence-electron chi connectivity index (χ3n) is 3.92. The van der Waals surface area contributed by atoms with E-state index >= 15 is 0 Å². The minimum absolute atomic E-state index is 0.188. The molecule has 1 aromatic carbocycles. The Kier molecular flexibility index (Phi) is 4.69. The number of aliphatic hydroxyl groups is 1. The highest BCUT2D eigenvalue weighted by Crippen LogP contribution is 2.29. The van der Waals surface area contributed by atoms with Crippen LogP contribution in [0.2, 0.25) is 0 Å². The molecule has 0 saturated carbocycles. The lowest BCUT2D eigenvalue weighted by atomic mass is 9.89. The van der Waals surface area contributed by atoms with Gasteiger partial charge in [0.25, 0.3) is 0 Å². The highest BCUT2D eigenvalue weighted by molar-refractivity contribution is 5.81. The van der Waals surface area contributed by atoms with Crippen LogP contribution in [0.15, 0.2) is 24.3 Å². The van der Waals surface area contributed by atoms with Crippen LogP contribution >= 0.6 is 0 Å². The molecule has 0 spiro atoms. The standard InChI is InChI=1S/C15H23N3O3/c1-15(14(17)20)5-6-18(10-15)8-12(19)9-21-13-4-2-3-11(16)7-13/h2-4,7,12,19H,5-6,8-10,16H2,1H3,(H2,17,20). The normalized spacial score (nSPS) is 23.9. The van der Waals surface area contributed by atoms with E-state index in [0.29, 0.717) is 24.5 Å².